The second-order valence-corrected chi connectivity index (χ2v) is 6.77. The zero-order valence-electron chi connectivity index (χ0n) is 11.9. The number of furan rings is 1. The predicted octanol–water partition coefficient (Wildman–Crippen LogP) is 0.385. The largest absolute Gasteiger partial charge is 0.448 e. The molecule has 9 heteroatoms. The van der Waals surface area contributed by atoms with Gasteiger partial charge in [-0.2, -0.15) is 0 Å². The van der Waals surface area contributed by atoms with Crippen LogP contribution in [0.2, 0.25) is 0 Å². The van der Waals surface area contributed by atoms with Crippen LogP contribution < -0.4 is 15.8 Å². The highest BCUT2D eigenvalue weighted by molar-refractivity contribution is 7.89. The van der Waals surface area contributed by atoms with E-state index in [1.54, 1.807) is 6.92 Å². The van der Waals surface area contributed by atoms with Gasteiger partial charge in [0.05, 0.1) is 5.56 Å². The molecule has 4 N–H and O–H groups in total. The molecule has 0 aliphatic heterocycles. The van der Waals surface area contributed by atoms with Crippen LogP contribution in [0.5, 0.6) is 0 Å². The van der Waals surface area contributed by atoms with Gasteiger partial charge in [-0.15, -0.1) is 12.4 Å². The number of hydrogen-bond donors (Lipinski definition) is 3. The van der Waals surface area contributed by atoms with Gasteiger partial charge in [-0.3, -0.25) is 4.79 Å². The first-order chi connectivity index (χ1) is 9.35. The molecule has 1 fully saturated rings. The lowest BCUT2D eigenvalue weighted by Gasteiger charge is -2.10. The Balaban J connectivity index is 0.00000220. The zero-order valence-corrected chi connectivity index (χ0v) is 13.5. The molecule has 1 aromatic rings. The van der Waals surface area contributed by atoms with Gasteiger partial charge >= 0.3 is 0 Å². The topological polar surface area (TPSA) is 114 Å². The van der Waals surface area contributed by atoms with E-state index in [0.717, 1.165) is 12.8 Å². The van der Waals surface area contributed by atoms with Gasteiger partial charge in [0.1, 0.15) is 5.76 Å². The highest BCUT2D eigenvalue weighted by Gasteiger charge is 2.29. The summed E-state index contributed by atoms with van der Waals surface area (Å²) in [5.74, 6) is 0.372. The number of rotatable bonds is 6. The number of amides is 1. The Kier molecular flexibility index (Phi) is 5.80. The molecule has 1 aliphatic rings. The summed E-state index contributed by atoms with van der Waals surface area (Å²) in [5, 5.41) is 2.44. The van der Waals surface area contributed by atoms with Crippen molar-refractivity contribution in [3.05, 3.63) is 17.4 Å². The standard InChI is InChI=1S/C12H19N3O4S.ClH/c1-7-9(5-11(19-7)20(17,18)14-2)12(16)15-6-10(13)8-3-4-8;/h5,8,10,14H,3-4,6,13H2,1-2H3,(H,15,16);1H. The molecule has 1 saturated carbocycles. The lowest BCUT2D eigenvalue weighted by molar-refractivity contribution is 0.0948. The van der Waals surface area contributed by atoms with Crippen LogP contribution in [-0.2, 0) is 10.0 Å². The second-order valence-electron chi connectivity index (χ2n) is 4.95. The second kappa shape index (κ2) is 6.78. The van der Waals surface area contributed by atoms with Crippen molar-refractivity contribution in [3.63, 3.8) is 0 Å². The fourth-order valence-corrected chi connectivity index (χ4v) is 2.62. The Morgan fingerprint density at radius 2 is 2.14 bits per heavy atom. The Hall–Kier alpha value is -1.09. The maximum atomic E-state index is 12.0. The molecule has 1 aromatic heterocycles. The monoisotopic (exact) mass is 337 g/mol. The molecule has 0 bridgehead atoms. The van der Waals surface area contributed by atoms with E-state index in [1.165, 1.54) is 13.1 Å². The van der Waals surface area contributed by atoms with E-state index in [4.69, 9.17) is 10.2 Å². The average Bonchev–Trinajstić information content (AvgIpc) is 3.18. The van der Waals surface area contributed by atoms with Crippen molar-refractivity contribution in [1.29, 1.82) is 0 Å². The Morgan fingerprint density at radius 1 is 1.52 bits per heavy atom. The van der Waals surface area contributed by atoms with Gasteiger partial charge in [0.2, 0.25) is 5.09 Å². The fraction of sp³-hybridized carbons (Fsp3) is 0.583. The third kappa shape index (κ3) is 4.19. The van der Waals surface area contributed by atoms with Crippen molar-refractivity contribution >= 4 is 28.3 Å². The highest BCUT2D eigenvalue weighted by Crippen LogP contribution is 2.31. The van der Waals surface area contributed by atoms with Crippen LogP contribution in [0.3, 0.4) is 0 Å². The van der Waals surface area contributed by atoms with Crippen molar-refractivity contribution < 1.29 is 17.6 Å². The van der Waals surface area contributed by atoms with Crippen LogP contribution >= 0.6 is 12.4 Å². The number of carbonyl (C=O) groups excluding carboxylic acids is 1. The maximum absolute atomic E-state index is 12.0. The number of carbonyl (C=O) groups is 1. The van der Waals surface area contributed by atoms with Gasteiger partial charge in [0, 0.05) is 18.7 Å². The molecule has 2 rings (SSSR count). The van der Waals surface area contributed by atoms with Crippen LogP contribution in [0.4, 0.5) is 0 Å². The quantitative estimate of drug-likeness (QED) is 0.694. The van der Waals surface area contributed by atoms with E-state index in [1.807, 2.05) is 0 Å². The van der Waals surface area contributed by atoms with Crippen LogP contribution in [0.25, 0.3) is 0 Å². The number of aryl methyl sites for hydroxylation is 1. The molecule has 21 heavy (non-hydrogen) atoms. The van der Waals surface area contributed by atoms with E-state index in [-0.39, 0.29) is 40.8 Å². The van der Waals surface area contributed by atoms with Gasteiger partial charge in [-0.1, -0.05) is 0 Å². The molecule has 1 aliphatic carbocycles. The van der Waals surface area contributed by atoms with Crippen LogP contribution in [-0.4, -0.2) is 34.0 Å². The third-order valence-corrected chi connectivity index (χ3v) is 4.67. The first-order valence-electron chi connectivity index (χ1n) is 6.43. The Morgan fingerprint density at radius 3 is 2.67 bits per heavy atom. The molecule has 0 spiro atoms. The SMILES string of the molecule is CNS(=O)(=O)c1cc(C(=O)NCC(N)C2CC2)c(C)o1.Cl. The minimum absolute atomic E-state index is 0. The zero-order chi connectivity index (χ0) is 14.9. The Bertz CT molecular complexity index is 610. The number of hydrogen-bond acceptors (Lipinski definition) is 5. The summed E-state index contributed by atoms with van der Waals surface area (Å²) < 4.78 is 30.4. The average molecular weight is 338 g/mol. The smallest absolute Gasteiger partial charge is 0.273 e. The number of halogens is 1. The van der Waals surface area contributed by atoms with Gasteiger partial charge in [0.15, 0.2) is 0 Å². The molecular formula is C12H20ClN3O4S. The molecule has 7 nitrogen and oxygen atoms in total. The highest BCUT2D eigenvalue weighted by atomic mass is 35.5. The van der Waals surface area contributed by atoms with Crippen molar-refractivity contribution in [1.82, 2.24) is 10.0 Å². The van der Waals surface area contributed by atoms with E-state index in [0.29, 0.717) is 12.5 Å². The van der Waals surface area contributed by atoms with E-state index in [2.05, 4.69) is 10.0 Å². The van der Waals surface area contributed by atoms with Crippen molar-refractivity contribution in [2.24, 2.45) is 11.7 Å². The molecule has 120 valence electrons. The Labute approximate surface area is 130 Å². The summed E-state index contributed by atoms with van der Waals surface area (Å²) in [6, 6.07) is 1.17. The molecule has 0 saturated heterocycles. The van der Waals surface area contributed by atoms with Gasteiger partial charge in [0.25, 0.3) is 15.9 Å². The van der Waals surface area contributed by atoms with Crippen LogP contribution in [0, 0.1) is 12.8 Å². The minimum Gasteiger partial charge on any atom is -0.448 e. The molecule has 1 unspecified atom stereocenters. The van der Waals surface area contributed by atoms with Crippen LogP contribution in [0.1, 0.15) is 29.0 Å². The summed E-state index contributed by atoms with van der Waals surface area (Å²) in [6.07, 6.45) is 2.21. The molecule has 1 heterocycles. The summed E-state index contributed by atoms with van der Waals surface area (Å²) in [6.45, 7) is 1.92. The van der Waals surface area contributed by atoms with E-state index < -0.39 is 10.0 Å². The lowest BCUT2D eigenvalue weighted by Crippen LogP contribution is -2.38. The van der Waals surface area contributed by atoms with Crippen molar-refractivity contribution in [2.75, 3.05) is 13.6 Å². The molecule has 0 radical (unpaired) electrons. The van der Waals surface area contributed by atoms with Gasteiger partial charge in [-0.05, 0) is 32.7 Å². The maximum Gasteiger partial charge on any atom is 0.273 e. The summed E-state index contributed by atoms with van der Waals surface area (Å²) in [5.41, 5.74) is 6.11. The van der Waals surface area contributed by atoms with E-state index in [9.17, 15) is 13.2 Å². The van der Waals surface area contributed by atoms with Gasteiger partial charge < -0.3 is 15.5 Å². The normalized spacial score (nSPS) is 16.1. The molecule has 0 aromatic carbocycles. The van der Waals surface area contributed by atoms with Crippen LogP contribution in [0.15, 0.2) is 15.6 Å². The molecule has 1 amide bonds. The number of nitrogens with one attached hydrogen (secondary N) is 2. The number of sulfonamides is 1. The summed E-state index contributed by atoms with van der Waals surface area (Å²) in [7, 11) is -2.41. The molecule has 1 atom stereocenters. The van der Waals surface area contributed by atoms with Crippen molar-refractivity contribution in [3.8, 4) is 0 Å². The summed E-state index contributed by atoms with van der Waals surface area (Å²) >= 11 is 0. The van der Waals surface area contributed by atoms with Crippen molar-refractivity contribution in [2.45, 2.75) is 30.9 Å². The summed E-state index contributed by atoms with van der Waals surface area (Å²) in [4.78, 5) is 12.0. The lowest BCUT2D eigenvalue weighted by atomic mass is 10.2. The predicted molar refractivity (Wildman–Crippen MR) is 80.0 cm³/mol. The first-order valence-corrected chi connectivity index (χ1v) is 7.91. The molecular weight excluding hydrogens is 318 g/mol. The fourth-order valence-electron chi connectivity index (χ4n) is 1.91. The first kappa shape index (κ1) is 18.0. The van der Waals surface area contributed by atoms with Gasteiger partial charge in [-0.25, -0.2) is 13.1 Å². The minimum atomic E-state index is -3.69. The third-order valence-electron chi connectivity index (χ3n) is 3.40. The van der Waals surface area contributed by atoms with E-state index >= 15 is 0 Å². The number of nitrogens with two attached hydrogens (primary N) is 1.